The smallest absolute Gasteiger partial charge is 0.407 e. The topological polar surface area (TPSA) is 158 Å². The van der Waals surface area contributed by atoms with Gasteiger partial charge in [-0.1, -0.05) is 42.5 Å². The fourth-order valence-corrected chi connectivity index (χ4v) is 4.66. The third kappa shape index (κ3) is 5.72. The van der Waals surface area contributed by atoms with Crippen LogP contribution in [-0.2, 0) is 16.3 Å². The van der Waals surface area contributed by atoms with Gasteiger partial charge in [0.25, 0.3) is 5.91 Å². The van der Waals surface area contributed by atoms with Crippen molar-refractivity contribution < 1.29 is 33.3 Å². The maximum absolute atomic E-state index is 12.9. The SMILES string of the molecule is NC(=O)c1cc(S(=O)(=O)c2ccc(CCN(C[C@@H](O)c3ccccc3)C(=O)O)cc2)ccc1O. The molecule has 0 bridgehead atoms. The van der Waals surface area contributed by atoms with Crippen molar-refractivity contribution in [2.75, 3.05) is 13.1 Å². The summed E-state index contributed by atoms with van der Waals surface area (Å²) in [6, 6.07) is 17.9. The molecular weight excluding hydrogens is 460 g/mol. The number of nitrogens with zero attached hydrogens (tertiary/aromatic N) is 1. The number of sulfone groups is 1. The van der Waals surface area contributed by atoms with Crippen LogP contribution in [-0.4, -0.2) is 53.7 Å². The van der Waals surface area contributed by atoms with Crippen molar-refractivity contribution in [2.45, 2.75) is 22.3 Å². The summed E-state index contributed by atoms with van der Waals surface area (Å²) in [7, 11) is -3.98. The predicted octanol–water partition coefficient (Wildman–Crippen LogP) is 2.58. The van der Waals surface area contributed by atoms with E-state index >= 15 is 0 Å². The molecule has 0 fully saturated rings. The molecule has 34 heavy (non-hydrogen) atoms. The van der Waals surface area contributed by atoms with E-state index < -0.39 is 33.7 Å². The lowest BCUT2D eigenvalue weighted by atomic mass is 10.1. The summed E-state index contributed by atoms with van der Waals surface area (Å²) in [5.74, 6) is -1.37. The van der Waals surface area contributed by atoms with Crippen molar-refractivity contribution in [1.82, 2.24) is 4.90 Å². The molecule has 178 valence electrons. The monoisotopic (exact) mass is 484 g/mol. The van der Waals surface area contributed by atoms with Crippen LogP contribution in [0, 0.1) is 0 Å². The molecule has 3 aromatic carbocycles. The Morgan fingerprint density at radius 2 is 1.56 bits per heavy atom. The molecule has 0 radical (unpaired) electrons. The summed E-state index contributed by atoms with van der Waals surface area (Å²) in [5.41, 5.74) is 6.18. The average Bonchev–Trinajstić information content (AvgIpc) is 2.82. The lowest BCUT2D eigenvalue weighted by Gasteiger charge is -2.22. The van der Waals surface area contributed by atoms with E-state index in [1.165, 1.54) is 18.2 Å². The highest BCUT2D eigenvalue weighted by Crippen LogP contribution is 2.26. The number of hydrogen-bond acceptors (Lipinski definition) is 6. The van der Waals surface area contributed by atoms with Gasteiger partial charge in [-0.15, -0.1) is 0 Å². The summed E-state index contributed by atoms with van der Waals surface area (Å²) in [5, 5.41) is 29.5. The molecule has 1 atom stereocenters. The standard InChI is InChI=1S/C24H24N2O7S/c25-23(29)20-14-19(10-11-21(20)27)34(32,33)18-8-6-16(7-9-18)12-13-26(24(30)31)15-22(28)17-4-2-1-3-5-17/h1-11,14,22,27-28H,12-13,15H2,(H2,25,29)(H,30,31)/t22-/m1/s1. The van der Waals surface area contributed by atoms with E-state index in [2.05, 4.69) is 0 Å². The van der Waals surface area contributed by atoms with Gasteiger partial charge >= 0.3 is 6.09 Å². The number of amides is 2. The maximum Gasteiger partial charge on any atom is 0.407 e. The number of aromatic hydroxyl groups is 1. The van der Waals surface area contributed by atoms with Crippen molar-refractivity contribution in [3.05, 3.63) is 89.5 Å². The van der Waals surface area contributed by atoms with Gasteiger partial charge in [0.1, 0.15) is 5.75 Å². The normalized spacial score (nSPS) is 12.1. The second kappa shape index (κ2) is 10.4. The van der Waals surface area contributed by atoms with Crippen LogP contribution < -0.4 is 5.73 Å². The quantitative estimate of drug-likeness (QED) is 0.363. The number of aliphatic hydroxyl groups excluding tert-OH is 1. The number of carboxylic acid groups (broad SMARTS) is 1. The van der Waals surface area contributed by atoms with E-state index in [1.807, 2.05) is 0 Å². The zero-order valence-corrected chi connectivity index (χ0v) is 18.9. The second-order valence-corrected chi connectivity index (χ2v) is 9.55. The fourth-order valence-electron chi connectivity index (χ4n) is 3.37. The maximum atomic E-state index is 12.9. The van der Waals surface area contributed by atoms with Crippen LogP contribution >= 0.6 is 0 Å². The van der Waals surface area contributed by atoms with E-state index in [9.17, 15) is 33.3 Å². The molecule has 0 heterocycles. The van der Waals surface area contributed by atoms with Crippen LogP contribution in [0.15, 0.2) is 82.6 Å². The molecule has 3 rings (SSSR count). The number of benzene rings is 3. The highest BCUT2D eigenvalue weighted by Gasteiger charge is 2.21. The minimum Gasteiger partial charge on any atom is -0.507 e. The summed E-state index contributed by atoms with van der Waals surface area (Å²) in [6.07, 6.45) is -1.84. The third-order valence-corrected chi connectivity index (χ3v) is 7.06. The van der Waals surface area contributed by atoms with Crippen molar-refractivity contribution in [2.24, 2.45) is 5.73 Å². The number of nitrogens with two attached hydrogens (primary N) is 1. The molecule has 9 nitrogen and oxygen atoms in total. The molecule has 0 aliphatic heterocycles. The van der Waals surface area contributed by atoms with Crippen molar-refractivity contribution in [1.29, 1.82) is 0 Å². The number of carbonyl (C=O) groups excluding carboxylic acids is 1. The van der Waals surface area contributed by atoms with Crippen LogP contribution in [0.3, 0.4) is 0 Å². The molecule has 0 aliphatic rings. The van der Waals surface area contributed by atoms with Gasteiger partial charge in [-0.25, -0.2) is 13.2 Å². The molecule has 0 aliphatic carbocycles. The van der Waals surface area contributed by atoms with Crippen LogP contribution in [0.5, 0.6) is 5.75 Å². The first-order valence-corrected chi connectivity index (χ1v) is 11.8. The van der Waals surface area contributed by atoms with Crippen molar-refractivity contribution >= 4 is 21.8 Å². The molecule has 0 saturated carbocycles. The molecule has 0 spiro atoms. The first kappa shape index (κ1) is 24.7. The first-order valence-electron chi connectivity index (χ1n) is 10.3. The van der Waals surface area contributed by atoms with Crippen molar-refractivity contribution in [3.63, 3.8) is 0 Å². The zero-order chi connectivity index (χ0) is 24.9. The molecular formula is C24H24N2O7S. The largest absolute Gasteiger partial charge is 0.507 e. The average molecular weight is 485 g/mol. The van der Waals surface area contributed by atoms with E-state index in [0.29, 0.717) is 17.5 Å². The molecule has 2 amide bonds. The highest BCUT2D eigenvalue weighted by molar-refractivity contribution is 7.91. The van der Waals surface area contributed by atoms with Gasteiger partial charge in [0, 0.05) is 6.54 Å². The van der Waals surface area contributed by atoms with Gasteiger partial charge < -0.3 is 26.0 Å². The Hall–Kier alpha value is -3.89. The Bertz CT molecular complexity index is 1280. The Kier molecular flexibility index (Phi) is 7.54. The van der Waals surface area contributed by atoms with Gasteiger partial charge in [-0.3, -0.25) is 4.79 Å². The second-order valence-electron chi connectivity index (χ2n) is 7.60. The van der Waals surface area contributed by atoms with Crippen LogP contribution in [0.2, 0.25) is 0 Å². The minimum atomic E-state index is -3.98. The minimum absolute atomic E-state index is 0.0352. The van der Waals surface area contributed by atoms with Crippen LogP contribution in [0.25, 0.3) is 0 Å². The molecule has 5 N–H and O–H groups in total. The first-order chi connectivity index (χ1) is 16.1. The summed E-state index contributed by atoms with van der Waals surface area (Å²) in [4.78, 5) is 23.9. The molecule has 0 saturated heterocycles. The lowest BCUT2D eigenvalue weighted by Crippen LogP contribution is -2.35. The van der Waals surface area contributed by atoms with Gasteiger partial charge in [0.2, 0.25) is 9.84 Å². The third-order valence-electron chi connectivity index (χ3n) is 5.30. The number of aliphatic hydroxyl groups is 1. The van der Waals surface area contributed by atoms with E-state index in [-0.39, 0.29) is 28.4 Å². The molecule has 3 aromatic rings. The summed E-state index contributed by atoms with van der Waals surface area (Å²) >= 11 is 0. The van der Waals surface area contributed by atoms with Crippen LogP contribution in [0.4, 0.5) is 4.79 Å². The summed E-state index contributed by atoms with van der Waals surface area (Å²) < 4.78 is 25.8. The molecule has 0 unspecified atom stereocenters. The number of phenols is 1. The van der Waals surface area contributed by atoms with Gasteiger partial charge in [-0.2, -0.15) is 0 Å². The highest BCUT2D eigenvalue weighted by atomic mass is 32.2. The van der Waals surface area contributed by atoms with Gasteiger partial charge in [0.05, 0.1) is 28.0 Å². The Labute approximate surface area is 196 Å². The van der Waals surface area contributed by atoms with Crippen molar-refractivity contribution in [3.8, 4) is 5.75 Å². The molecule has 0 aromatic heterocycles. The van der Waals surface area contributed by atoms with Gasteiger partial charge in [0.15, 0.2) is 0 Å². The van der Waals surface area contributed by atoms with Crippen LogP contribution in [0.1, 0.15) is 27.6 Å². The lowest BCUT2D eigenvalue weighted by molar-refractivity contribution is 0.0972. The van der Waals surface area contributed by atoms with E-state index in [4.69, 9.17) is 5.73 Å². The summed E-state index contributed by atoms with van der Waals surface area (Å²) in [6.45, 7) is 0.000115. The fraction of sp³-hybridized carbons (Fsp3) is 0.167. The Morgan fingerprint density at radius 1 is 0.941 bits per heavy atom. The molecule has 10 heteroatoms. The zero-order valence-electron chi connectivity index (χ0n) is 18.0. The number of hydrogen-bond donors (Lipinski definition) is 4. The Morgan fingerprint density at radius 3 is 2.15 bits per heavy atom. The number of rotatable bonds is 9. The van der Waals surface area contributed by atoms with Gasteiger partial charge in [-0.05, 0) is 47.9 Å². The Balaban J connectivity index is 1.70. The van der Waals surface area contributed by atoms with E-state index in [1.54, 1.807) is 42.5 Å². The number of primary amides is 1. The number of carbonyl (C=O) groups is 2. The predicted molar refractivity (Wildman–Crippen MR) is 123 cm³/mol. The van der Waals surface area contributed by atoms with E-state index in [0.717, 1.165) is 17.0 Å².